The van der Waals surface area contributed by atoms with Gasteiger partial charge in [-0.2, -0.15) is 0 Å². The maximum Gasteiger partial charge on any atom is 0.253 e. The first kappa shape index (κ1) is 16.3. The van der Waals surface area contributed by atoms with Gasteiger partial charge in [-0.3, -0.25) is 9.69 Å². The SMILES string of the molecule is O=C(c1ccccc1)N1CCC(N2Cc3ccccc3C(O)C2)CC1. The normalized spacial score (nSPS) is 21.8. The summed E-state index contributed by atoms with van der Waals surface area (Å²) in [5.41, 5.74) is 3.06. The number of fused-ring (bicyclic) bond motifs is 1. The highest BCUT2D eigenvalue weighted by molar-refractivity contribution is 5.94. The van der Waals surface area contributed by atoms with Gasteiger partial charge < -0.3 is 10.0 Å². The van der Waals surface area contributed by atoms with Gasteiger partial charge in [-0.1, -0.05) is 42.5 Å². The summed E-state index contributed by atoms with van der Waals surface area (Å²) in [6.07, 6.45) is 1.52. The van der Waals surface area contributed by atoms with Gasteiger partial charge in [0.05, 0.1) is 6.10 Å². The van der Waals surface area contributed by atoms with Gasteiger partial charge in [0.1, 0.15) is 0 Å². The summed E-state index contributed by atoms with van der Waals surface area (Å²) in [7, 11) is 0. The molecule has 1 fully saturated rings. The summed E-state index contributed by atoms with van der Waals surface area (Å²) in [4.78, 5) is 16.9. The number of carbonyl (C=O) groups is 1. The molecule has 2 heterocycles. The molecule has 0 bridgehead atoms. The van der Waals surface area contributed by atoms with Gasteiger partial charge in [0, 0.05) is 37.8 Å². The number of aliphatic hydroxyl groups is 1. The average Bonchev–Trinajstić information content (AvgIpc) is 2.68. The summed E-state index contributed by atoms with van der Waals surface area (Å²) in [5.74, 6) is 0.128. The predicted octanol–water partition coefficient (Wildman–Crippen LogP) is 2.84. The van der Waals surface area contributed by atoms with Crippen molar-refractivity contribution < 1.29 is 9.90 Å². The number of carbonyl (C=O) groups excluding carboxylic acids is 1. The third-order valence-electron chi connectivity index (χ3n) is 5.48. The van der Waals surface area contributed by atoms with Crippen molar-refractivity contribution >= 4 is 5.91 Å². The van der Waals surface area contributed by atoms with Crippen molar-refractivity contribution in [2.75, 3.05) is 19.6 Å². The van der Waals surface area contributed by atoms with Crippen LogP contribution < -0.4 is 0 Å². The summed E-state index contributed by atoms with van der Waals surface area (Å²) >= 11 is 0. The van der Waals surface area contributed by atoms with E-state index in [9.17, 15) is 9.90 Å². The van der Waals surface area contributed by atoms with E-state index in [1.54, 1.807) is 0 Å². The zero-order valence-corrected chi connectivity index (χ0v) is 14.3. The number of likely N-dealkylation sites (tertiary alicyclic amines) is 1. The minimum Gasteiger partial charge on any atom is -0.387 e. The molecule has 4 heteroatoms. The van der Waals surface area contributed by atoms with E-state index in [4.69, 9.17) is 0 Å². The van der Waals surface area contributed by atoms with Crippen LogP contribution in [0.3, 0.4) is 0 Å². The zero-order valence-electron chi connectivity index (χ0n) is 14.3. The molecular formula is C21H24N2O2. The minimum absolute atomic E-state index is 0.128. The fourth-order valence-electron chi connectivity index (χ4n) is 4.08. The molecule has 1 atom stereocenters. The number of hydrogen-bond acceptors (Lipinski definition) is 3. The van der Waals surface area contributed by atoms with Crippen molar-refractivity contribution in [3.8, 4) is 0 Å². The van der Waals surface area contributed by atoms with Gasteiger partial charge in [-0.25, -0.2) is 0 Å². The second-order valence-electron chi connectivity index (χ2n) is 7.03. The first-order valence-corrected chi connectivity index (χ1v) is 9.06. The van der Waals surface area contributed by atoms with E-state index < -0.39 is 6.10 Å². The molecule has 4 rings (SSSR count). The van der Waals surface area contributed by atoms with Gasteiger partial charge in [-0.15, -0.1) is 0 Å². The molecule has 1 unspecified atom stereocenters. The van der Waals surface area contributed by atoms with E-state index in [1.807, 2.05) is 53.4 Å². The van der Waals surface area contributed by atoms with Crippen LogP contribution >= 0.6 is 0 Å². The summed E-state index contributed by atoms with van der Waals surface area (Å²) in [5, 5.41) is 10.4. The van der Waals surface area contributed by atoms with Crippen LogP contribution in [0.2, 0.25) is 0 Å². The molecule has 25 heavy (non-hydrogen) atoms. The number of nitrogens with zero attached hydrogens (tertiary/aromatic N) is 2. The smallest absolute Gasteiger partial charge is 0.253 e. The number of hydrogen-bond donors (Lipinski definition) is 1. The largest absolute Gasteiger partial charge is 0.387 e. The molecule has 0 radical (unpaired) electrons. The molecule has 0 spiro atoms. The van der Waals surface area contributed by atoms with E-state index >= 15 is 0 Å². The van der Waals surface area contributed by atoms with Gasteiger partial charge in [0.2, 0.25) is 0 Å². The van der Waals surface area contributed by atoms with E-state index in [2.05, 4.69) is 11.0 Å². The minimum atomic E-state index is -0.408. The number of amides is 1. The Kier molecular flexibility index (Phi) is 4.55. The van der Waals surface area contributed by atoms with Gasteiger partial charge in [0.25, 0.3) is 5.91 Å². The molecule has 2 aromatic rings. The van der Waals surface area contributed by atoms with Crippen LogP contribution in [0.1, 0.15) is 40.4 Å². The van der Waals surface area contributed by atoms with E-state index in [0.29, 0.717) is 12.6 Å². The van der Waals surface area contributed by atoms with Crippen molar-refractivity contribution in [3.63, 3.8) is 0 Å². The first-order valence-electron chi connectivity index (χ1n) is 9.06. The lowest BCUT2D eigenvalue weighted by molar-refractivity contribution is 0.0349. The Morgan fingerprint density at radius 3 is 2.40 bits per heavy atom. The van der Waals surface area contributed by atoms with Crippen molar-refractivity contribution in [2.45, 2.75) is 31.5 Å². The Labute approximate surface area is 148 Å². The summed E-state index contributed by atoms with van der Waals surface area (Å²) in [6, 6.07) is 18.1. The third-order valence-corrected chi connectivity index (χ3v) is 5.48. The highest BCUT2D eigenvalue weighted by Gasteiger charge is 2.31. The lowest BCUT2D eigenvalue weighted by Gasteiger charge is -2.42. The maximum atomic E-state index is 12.6. The fourth-order valence-corrected chi connectivity index (χ4v) is 4.08. The predicted molar refractivity (Wildman–Crippen MR) is 97.2 cm³/mol. The fraction of sp³-hybridized carbons (Fsp3) is 0.381. The van der Waals surface area contributed by atoms with Crippen LogP contribution in [0.15, 0.2) is 54.6 Å². The first-order chi connectivity index (χ1) is 12.2. The third kappa shape index (κ3) is 3.32. The number of rotatable bonds is 2. The van der Waals surface area contributed by atoms with Crippen LogP contribution in [-0.2, 0) is 6.54 Å². The highest BCUT2D eigenvalue weighted by Crippen LogP contribution is 2.30. The van der Waals surface area contributed by atoms with Gasteiger partial charge in [0.15, 0.2) is 0 Å². The quantitative estimate of drug-likeness (QED) is 0.917. The number of benzene rings is 2. The summed E-state index contributed by atoms with van der Waals surface area (Å²) < 4.78 is 0. The number of piperidine rings is 1. The van der Waals surface area contributed by atoms with Crippen LogP contribution in [0.4, 0.5) is 0 Å². The average molecular weight is 336 g/mol. The molecule has 0 saturated carbocycles. The topological polar surface area (TPSA) is 43.8 Å². The van der Waals surface area contributed by atoms with E-state index in [0.717, 1.165) is 43.6 Å². The van der Waals surface area contributed by atoms with E-state index in [1.165, 1.54) is 5.56 Å². The highest BCUT2D eigenvalue weighted by atomic mass is 16.3. The number of aliphatic hydroxyl groups excluding tert-OH is 1. The van der Waals surface area contributed by atoms with Crippen molar-refractivity contribution in [1.29, 1.82) is 0 Å². The molecule has 2 aliphatic rings. The molecule has 0 aromatic heterocycles. The molecule has 4 nitrogen and oxygen atoms in total. The maximum absolute atomic E-state index is 12.6. The second-order valence-corrected chi connectivity index (χ2v) is 7.03. The Morgan fingerprint density at radius 1 is 0.960 bits per heavy atom. The molecule has 1 amide bonds. The zero-order chi connectivity index (χ0) is 17.2. The molecule has 2 aromatic carbocycles. The second kappa shape index (κ2) is 6.98. The molecule has 130 valence electrons. The van der Waals surface area contributed by atoms with Crippen LogP contribution in [0.25, 0.3) is 0 Å². The lowest BCUT2D eigenvalue weighted by atomic mass is 9.93. The Bertz CT molecular complexity index is 739. The molecular weight excluding hydrogens is 312 g/mol. The Morgan fingerprint density at radius 2 is 1.64 bits per heavy atom. The van der Waals surface area contributed by atoms with Crippen LogP contribution in [0.5, 0.6) is 0 Å². The van der Waals surface area contributed by atoms with Crippen LogP contribution in [-0.4, -0.2) is 46.5 Å². The van der Waals surface area contributed by atoms with Crippen LogP contribution in [0, 0.1) is 0 Å². The van der Waals surface area contributed by atoms with Gasteiger partial charge in [-0.05, 0) is 36.1 Å². The molecule has 0 aliphatic carbocycles. The molecule has 2 aliphatic heterocycles. The van der Waals surface area contributed by atoms with Crippen molar-refractivity contribution in [3.05, 3.63) is 71.3 Å². The molecule has 1 saturated heterocycles. The van der Waals surface area contributed by atoms with E-state index in [-0.39, 0.29) is 5.91 Å². The monoisotopic (exact) mass is 336 g/mol. The Balaban J connectivity index is 1.39. The van der Waals surface area contributed by atoms with Crippen molar-refractivity contribution in [1.82, 2.24) is 9.80 Å². The summed E-state index contributed by atoms with van der Waals surface area (Å²) in [6.45, 7) is 3.15. The standard InChI is InChI=1S/C21H24N2O2/c24-20-15-23(14-17-8-4-5-9-19(17)20)18-10-12-22(13-11-18)21(25)16-6-2-1-3-7-16/h1-9,18,20,24H,10-15H2. The van der Waals surface area contributed by atoms with Crippen molar-refractivity contribution in [2.24, 2.45) is 0 Å². The number of β-amino-alcohol motifs (C(OH)–C–C–N with tert-alkyl or cyclic N) is 1. The van der Waals surface area contributed by atoms with Gasteiger partial charge >= 0.3 is 0 Å². The Hall–Kier alpha value is -2.17. The molecule has 1 N–H and O–H groups in total. The lowest BCUT2D eigenvalue weighted by Crippen LogP contribution is -2.48.